The van der Waals surface area contributed by atoms with E-state index < -0.39 is 0 Å². The van der Waals surface area contributed by atoms with Crippen molar-refractivity contribution < 1.29 is 5.11 Å². The number of hydrogen-bond acceptors (Lipinski definition) is 3. The molecule has 2 aromatic carbocycles. The van der Waals surface area contributed by atoms with Crippen LogP contribution in [0.25, 0.3) is 16.7 Å². The zero-order chi connectivity index (χ0) is 12.7. The summed E-state index contributed by atoms with van der Waals surface area (Å²) in [5.74, 6) is 0.106. The second-order valence-corrected chi connectivity index (χ2v) is 4.55. The number of phenols is 1. The second kappa shape index (κ2) is 4.15. The van der Waals surface area contributed by atoms with Gasteiger partial charge >= 0.3 is 0 Å². The van der Waals surface area contributed by atoms with Gasteiger partial charge in [0.1, 0.15) is 22.5 Å². The Morgan fingerprint density at radius 3 is 2.06 bits per heavy atom. The van der Waals surface area contributed by atoms with Crippen LogP contribution in [-0.4, -0.2) is 20.1 Å². The number of para-hydroxylation sites is 2. The molecule has 0 bridgehead atoms. The molecule has 0 amide bonds. The van der Waals surface area contributed by atoms with Crippen LogP contribution in [-0.2, 0) is 0 Å². The first-order chi connectivity index (χ1) is 8.65. The Labute approximate surface area is 112 Å². The van der Waals surface area contributed by atoms with Crippen molar-refractivity contribution in [3.63, 3.8) is 0 Å². The number of halogens is 2. The summed E-state index contributed by atoms with van der Waals surface area (Å²) in [5.41, 5.74) is 1.74. The fraction of sp³-hybridized carbons (Fsp3) is 0. The Bertz CT molecular complexity index is 700. The van der Waals surface area contributed by atoms with E-state index in [9.17, 15) is 5.11 Å². The Morgan fingerprint density at radius 1 is 0.944 bits per heavy atom. The topological polar surface area (TPSA) is 50.9 Å². The standard InChI is InChI=1S/C12H7Cl2N3O/c13-7-5-9-10(6-8(7)14)16-17(15-9)11-3-1-2-4-12(11)18/h1-6,18H. The fourth-order valence-electron chi connectivity index (χ4n) is 1.65. The van der Waals surface area contributed by atoms with Gasteiger partial charge in [-0.2, -0.15) is 0 Å². The first-order valence-corrected chi connectivity index (χ1v) is 5.91. The number of phenolic OH excluding ortho intramolecular Hbond substituents is 1. The van der Waals surface area contributed by atoms with Gasteiger partial charge in [-0.25, -0.2) is 0 Å². The van der Waals surface area contributed by atoms with E-state index in [2.05, 4.69) is 10.2 Å². The molecule has 0 aliphatic carbocycles. The lowest BCUT2D eigenvalue weighted by Gasteiger charge is -2.00. The third-order valence-electron chi connectivity index (χ3n) is 2.52. The molecule has 3 aromatic rings. The molecule has 1 heterocycles. The van der Waals surface area contributed by atoms with Crippen LogP contribution < -0.4 is 0 Å². The maximum absolute atomic E-state index is 9.75. The average Bonchev–Trinajstić information content (AvgIpc) is 2.73. The van der Waals surface area contributed by atoms with Crippen LogP contribution in [0.3, 0.4) is 0 Å². The smallest absolute Gasteiger partial charge is 0.143 e. The van der Waals surface area contributed by atoms with Crippen LogP contribution >= 0.6 is 23.2 Å². The highest BCUT2D eigenvalue weighted by Gasteiger charge is 2.10. The second-order valence-electron chi connectivity index (χ2n) is 3.73. The Hall–Kier alpha value is -1.78. The lowest BCUT2D eigenvalue weighted by Crippen LogP contribution is -1.98. The van der Waals surface area contributed by atoms with Crippen molar-refractivity contribution in [2.45, 2.75) is 0 Å². The molecule has 18 heavy (non-hydrogen) atoms. The largest absolute Gasteiger partial charge is 0.506 e. The number of aromatic nitrogens is 3. The van der Waals surface area contributed by atoms with Crippen molar-refractivity contribution in [3.05, 3.63) is 46.4 Å². The van der Waals surface area contributed by atoms with Crippen molar-refractivity contribution in [2.75, 3.05) is 0 Å². The molecule has 6 heteroatoms. The van der Waals surface area contributed by atoms with Gasteiger partial charge in [0.15, 0.2) is 0 Å². The van der Waals surface area contributed by atoms with Gasteiger partial charge in [0.2, 0.25) is 0 Å². The predicted molar refractivity (Wildman–Crippen MR) is 70.5 cm³/mol. The molecule has 0 aliphatic heterocycles. The molecule has 0 unspecified atom stereocenters. The lowest BCUT2D eigenvalue weighted by atomic mass is 10.3. The maximum Gasteiger partial charge on any atom is 0.143 e. The quantitative estimate of drug-likeness (QED) is 0.743. The van der Waals surface area contributed by atoms with Gasteiger partial charge in [-0.3, -0.25) is 0 Å². The van der Waals surface area contributed by atoms with E-state index in [-0.39, 0.29) is 5.75 Å². The van der Waals surface area contributed by atoms with E-state index in [0.717, 1.165) is 0 Å². The highest BCUT2D eigenvalue weighted by atomic mass is 35.5. The summed E-state index contributed by atoms with van der Waals surface area (Å²) < 4.78 is 0. The van der Waals surface area contributed by atoms with E-state index in [4.69, 9.17) is 23.2 Å². The molecule has 0 saturated carbocycles. The van der Waals surface area contributed by atoms with Crippen molar-refractivity contribution in [1.29, 1.82) is 0 Å². The highest BCUT2D eigenvalue weighted by molar-refractivity contribution is 6.42. The van der Waals surface area contributed by atoms with E-state index >= 15 is 0 Å². The van der Waals surface area contributed by atoms with Gasteiger partial charge in [0.05, 0.1) is 10.0 Å². The van der Waals surface area contributed by atoms with Crippen molar-refractivity contribution >= 4 is 34.2 Å². The summed E-state index contributed by atoms with van der Waals surface area (Å²) in [7, 11) is 0. The van der Waals surface area contributed by atoms with E-state index in [1.807, 2.05) is 0 Å². The van der Waals surface area contributed by atoms with Gasteiger partial charge in [0, 0.05) is 0 Å². The minimum Gasteiger partial charge on any atom is -0.506 e. The van der Waals surface area contributed by atoms with E-state index in [0.29, 0.717) is 26.8 Å². The maximum atomic E-state index is 9.75. The number of fused-ring (bicyclic) bond motifs is 1. The van der Waals surface area contributed by atoms with E-state index in [1.165, 1.54) is 4.80 Å². The third-order valence-corrected chi connectivity index (χ3v) is 3.24. The minimum atomic E-state index is 0.106. The number of nitrogens with zero attached hydrogens (tertiary/aromatic N) is 3. The van der Waals surface area contributed by atoms with Crippen LogP contribution in [0.2, 0.25) is 10.0 Å². The van der Waals surface area contributed by atoms with Crippen LogP contribution in [0.1, 0.15) is 0 Å². The predicted octanol–water partition coefficient (Wildman–Crippen LogP) is 3.43. The van der Waals surface area contributed by atoms with E-state index in [1.54, 1.807) is 36.4 Å². The summed E-state index contributed by atoms with van der Waals surface area (Å²) in [6.45, 7) is 0. The first kappa shape index (κ1) is 11.3. The number of aromatic hydroxyl groups is 1. The monoisotopic (exact) mass is 279 g/mol. The highest BCUT2D eigenvalue weighted by Crippen LogP contribution is 2.27. The molecule has 1 aromatic heterocycles. The molecular formula is C12H7Cl2N3O. The number of rotatable bonds is 1. The van der Waals surface area contributed by atoms with Crippen LogP contribution in [0.5, 0.6) is 5.75 Å². The molecule has 0 aliphatic rings. The molecular weight excluding hydrogens is 273 g/mol. The normalized spacial score (nSPS) is 11.0. The van der Waals surface area contributed by atoms with Crippen LogP contribution in [0, 0.1) is 0 Å². The Kier molecular flexibility index (Phi) is 2.61. The molecule has 0 saturated heterocycles. The molecule has 4 nitrogen and oxygen atoms in total. The molecule has 3 rings (SSSR count). The summed E-state index contributed by atoms with van der Waals surface area (Å²) in [4.78, 5) is 1.35. The van der Waals surface area contributed by atoms with Gasteiger partial charge < -0.3 is 5.11 Å². The summed E-state index contributed by atoms with van der Waals surface area (Å²) in [6.07, 6.45) is 0. The number of benzene rings is 2. The fourth-order valence-corrected chi connectivity index (χ4v) is 1.97. The Balaban J connectivity index is 2.23. The molecule has 0 radical (unpaired) electrons. The average molecular weight is 280 g/mol. The van der Waals surface area contributed by atoms with Gasteiger partial charge in [0.25, 0.3) is 0 Å². The van der Waals surface area contributed by atoms with Crippen LogP contribution in [0.15, 0.2) is 36.4 Å². The zero-order valence-corrected chi connectivity index (χ0v) is 10.5. The molecule has 0 atom stereocenters. The van der Waals surface area contributed by atoms with Gasteiger partial charge in [-0.1, -0.05) is 35.3 Å². The number of hydrogen-bond donors (Lipinski definition) is 1. The minimum absolute atomic E-state index is 0.106. The summed E-state index contributed by atoms with van der Waals surface area (Å²) in [5, 5.41) is 19.1. The zero-order valence-electron chi connectivity index (χ0n) is 9.01. The lowest BCUT2D eigenvalue weighted by molar-refractivity contribution is 0.468. The molecule has 1 N–H and O–H groups in total. The molecule has 90 valence electrons. The SMILES string of the molecule is Oc1ccccc1-n1nc2cc(Cl)c(Cl)cc2n1. The van der Waals surface area contributed by atoms with Crippen molar-refractivity contribution in [1.82, 2.24) is 15.0 Å². The van der Waals surface area contributed by atoms with Crippen molar-refractivity contribution in [3.8, 4) is 11.4 Å². The Morgan fingerprint density at radius 2 is 1.50 bits per heavy atom. The van der Waals surface area contributed by atoms with Gasteiger partial charge in [-0.05, 0) is 24.3 Å². The molecule has 0 fully saturated rings. The molecule has 0 spiro atoms. The van der Waals surface area contributed by atoms with Crippen molar-refractivity contribution in [2.24, 2.45) is 0 Å². The third kappa shape index (κ3) is 1.79. The van der Waals surface area contributed by atoms with Crippen LogP contribution in [0.4, 0.5) is 0 Å². The first-order valence-electron chi connectivity index (χ1n) is 5.15. The summed E-state index contributed by atoms with van der Waals surface area (Å²) >= 11 is 11.8. The van der Waals surface area contributed by atoms with Gasteiger partial charge in [-0.15, -0.1) is 15.0 Å². The summed E-state index contributed by atoms with van der Waals surface area (Å²) in [6, 6.07) is 10.1.